The number of nitrogens with one attached hydrogen (secondary N) is 1. The van der Waals surface area contributed by atoms with Gasteiger partial charge in [-0.15, -0.1) is 11.6 Å². The van der Waals surface area contributed by atoms with Gasteiger partial charge in [-0.3, -0.25) is 4.79 Å². The van der Waals surface area contributed by atoms with Crippen molar-refractivity contribution in [2.75, 3.05) is 5.88 Å². The Kier molecular flexibility index (Phi) is 4.85. The van der Waals surface area contributed by atoms with Gasteiger partial charge in [0.1, 0.15) is 0 Å². The Hall–Kier alpha value is -1.23. The molecule has 106 valence electrons. The minimum atomic E-state index is -4.34. The number of hydrogen-bond donors (Lipinski definition) is 1. The van der Waals surface area contributed by atoms with Gasteiger partial charge in [-0.25, -0.2) is 0 Å². The Morgan fingerprint density at radius 3 is 2.16 bits per heavy atom. The van der Waals surface area contributed by atoms with Crippen molar-refractivity contribution in [1.82, 2.24) is 5.32 Å². The second kappa shape index (κ2) is 5.82. The summed E-state index contributed by atoms with van der Waals surface area (Å²) in [6, 6.07) is 4.68. The number of benzene rings is 1. The lowest BCUT2D eigenvalue weighted by Gasteiger charge is -2.20. The van der Waals surface area contributed by atoms with Crippen molar-refractivity contribution in [3.63, 3.8) is 0 Å². The Morgan fingerprint density at radius 1 is 1.21 bits per heavy atom. The van der Waals surface area contributed by atoms with Crippen molar-refractivity contribution in [3.8, 4) is 0 Å². The standard InChI is InChI=1S/C13H15ClF3NO/c1-12(2,8-14)11(19)18-7-9-3-5-10(6-4-9)13(15,16)17/h3-6H,7-8H2,1-2H3,(H,18,19). The maximum Gasteiger partial charge on any atom is 0.416 e. The third-order valence-electron chi connectivity index (χ3n) is 2.68. The molecule has 0 aliphatic rings. The molecular weight excluding hydrogens is 279 g/mol. The molecule has 0 bridgehead atoms. The highest BCUT2D eigenvalue weighted by atomic mass is 35.5. The molecule has 0 unspecified atom stereocenters. The molecule has 0 radical (unpaired) electrons. The van der Waals surface area contributed by atoms with E-state index in [1.54, 1.807) is 13.8 Å². The molecule has 1 amide bonds. The van der Waals surface area contributed by atoms with Gasteiger partial charge < -0.3 is 5.32 Å². The molecule has 0 aromatic heterocycles. The van der Waals surface area contributed by atoms with Crippen LogP contribution in [0.15, 0.2) is 24.3 Å². The van der Waals surface area contributed by atoms with Gasteiger partial charge in [-0.2, -0.15) is 13.2 Å². The highest BCUT2D eigenvalue weighted by Gasteiger charge is 2.30. The SMILES string of the molecule is CC(C)(CCl)C(=O)NCc1ccc(C(F)(F)F)cc1. The van der Waals surface area contributed by atoms with E-state index >= 15 is 0 Å². The van der Waals surface area contributed by atoms with E-state index in [1.165, 1.54) is 12.1 Å². The number of halogens is 4. The number of amides is 1. The second-order valence-electron chi connectivity index (χ2n) is 4.89. The van der Waals surface area contributed by atoms with Gasteiger partial charge in [0.05, 0.1) is 11.0 Å². The summed E-state index contributed by atoms with van der Waals surface area (Å²) < 4.78 is 37.1. The highest BCUT2D eigenvalue weighted by molar-refractivity contribution is 6.19. The Bertz CT molecular complexity index is 440. The highest BCUT2D eigenvalue weighted by Crippen LogP contribution is 2.29. The molecule has 1 aromatic carbocycles. The van der Waals surface area contributed by atoms with Crippen molar-refractivity contribution in [3.05, 3.63) is 35.4 Å². The van der Waals surface area contributed by atoms with Crippen LogP contribution < -0.4 is 5.32 Å². The smallest absolute Gasteiger partial charge is 0.352 e. The molecule has 0 aliphatic carbocycles. The molecular formula is C13H15ClF3NO. The third kappa shape index (κ3) is 4.42. The van der Waals surface area contributed by atoms with Crippen molar-refractivity contribution in [2.45, 2.75) is 26.6 Å². The van der Waals surface area contributed by atoms with Gasteiger partial charge in [0.25, 0.3) is 0 Å². The van der Waals surface area contributed by atoms with E-state index < -0.39 is 17.2 Å². The van der Waals surface area contributed by atoms with Gasteiger partial charge in [-0.05, 0) is 31.5 Å². The molecule has 0 spiro atoms. The first kappa shape index (κ1) is 15.8. The summed E-state index contributed by atoms with van der Waals surface area (Å²) in [5.41, 5.74) is -0.802. The number of carbonyl (C=O) groups is 1. The van der Waals surface area contributed by atoms with Crippen LogP contribution >= 0.6 is 11.6 Å². The van der Waals surface area contributed by atoms with E-state index in [4.69, 9.17) is 11.6 Å². The second-order valence-corrected chi connectivity index (χ2v) is 5.16. The summed E-state index contributed by atoms with van der Waals surface area (Å²) >= 11 is 5.65. The van der Waals surface area contributed by atoms with Crippen LogP contribution in [-0.2, 0) is 17.5 Å². The van der Waals surface area contributed by atoms with Crippen molar-refractivity contribution in [1.29, 1.82) is 0 Å². The molecule has 0 heterocycles. The van der Waals surface area contributed by atoms with Crippen molar-refractivity contribution in [2.24, 2.45) is 5.41 Å². The molecule has 0 saturated carbocycles. The van der Waals surface area contributed by atoms with Gasteiger partial charge >= 0.3 is 6.18 Å². The van der Waals surface area contributed by atoms with E-state index in [2.05, 4.69) is 5.32 Å². The van der Waals surface area contributed by atoms with E-state index in [-0.39, 0.29) is 18.3 Å². The van der Waals surface area contributed by atoms with Crippen LogP contribution in [0, 0.1) is 5.41 Å². The molecule has 1 aromatic rings. The lowest BCUT2D eigenvalue weighted by molar-refractivity contribution is -0.137. The van der Waals surface area contributed by atoms with Gasteiger partial charge in [0.2, 0.25) is 5.91 Å². The van der Waals surface area contributed by atoms with Crippen LogP contribution in [0.2, 0.25) is 0 Å². The van der Waals surface area contributed by atoms with Crippen LogP contribution in [0.25, 0.3) is 0 Å². The van der Waals surface area contributed by atoms with Crippen LogP contribution in [-0.4, -0.2) is 11.8 Å². The summed E-state index contributed by atoms with van der Waals surface area (Å²) in [7, 11) is 0. The molecule has 0 saturated heterocycles. The first-order valence-corrected chi connectivity index (χ1v) is 6.20. The number of carbonyl (C=O) groups excluding carboxylic acids is 1. The predicted molar refractivity (Wildman–Crippen MR) is 67.8 cm³/mol. The average Bonchev–Trinajstić information content (AvgIpc) is 2.35. The van der Waals surface area contributed by atoms with Gasteiger partial charge in [-0.1, -0.05) is 12.1 Å². The van der Waals surface area contributed by atoms with Crippen LogP contribution in [0.5, 0.6) is 0 Å². The van der Waals surface area contributed by atoms with Crippen molar-refractivity contribution >= 4 is 17.5 Å². The van der Waals surface area contributed by atoms with Gasteiger partial charge in [0, 0.05) is 12.4 Å². The van der Waals surface area contributed by atoms with Gasteiger partial charge in [0.15, 0.2) is 0 Å². The molecule has 1 rings (SSSR count). The van der Waals surface area contributed by atoms with Crippen LogP contribution in [0.1, 0.15) is 25.0 Å². The van der Waals surface area contributed by atoms with E-state index in [1.807, 2.05) is 0 Å². The van der Waals surface area contributed by atoms with Crippen LogP contribution in [0.4, 0.5) is 13.2 Å². The lowest BCUT2D eigenvalue weighted by Crippen LogP contribution is -2.37. The minimum Gasteiger partial charge on any atom is -0.352 e. The number of rotatable bonds is 4. The lowest BCUT2D eigenvalue weighted by atomic mass is 9.95. The van der Waals surface area contributed by atoms with E-state index in [9.17, 15) is 18.0 Å². The third-order valence-corrected chi connectivity index (χ3v) is 3.35. The summed E-state index contributed by atoms with van der Waals surface area (Å²) in [6.45, 7) is 3.57. The average molecular weight is 294 g/mol. The maximum absolute atomic E-state index is 12.4. The molecule has 2 nitrogen and oxygen atoms in total. The van der Waals surface area contributed by atoms with E-state index in [0.717, 1.165) is 12.1 Å². The predicted octanol–water partition coefficient (Wildman–Crippen LogP) is 3.59. The first-order chi connectivity index (χ1) is 8.66. The summed E-state index contributed by atoms with van der Waals surface area (Å²) in [5.74, 6) is -0.0614. The fourth-order valence-electron chi connectivity index (χ4n) is 1.29. The molecule has 19 heavy (non-hydrogen) atoms. The topological polar surface area (TPSA) is 29.1 Å². The van der Waals surface area contributed by atoms with E-state index in [0.29, 0.717) is 5.56 Å². The Balaban J connectivity index is 2.63. The van der Waals surface area contributed by atoms with Crippen LogP contribution in [0.3, 0.4) is 0 Å². The monoisotopic (exact) mass is 293 g/mol. The quantitative estimate of drug-likeness (QED) is 0.845. The summed E-state index contributed by atoms with van der Waals surface area (Å²) in [4.78, 5) is 11.7. The maximum atomic E-state index is 12.4. The minimum absolute atomic E-state index is 0.172. The largest absolute Gasteiger partial charge is 0.416 e. The van der Waals surface area contributed by atoms with Crippen molar-refractivity contribution < 1.29 is 18.0 Å². The normalized spacial score (nSPS) is 12.3. The molecule has 0 aliphatic heterocycles. The first-order valence-electron chi connectivity index (χ1n) is 5.67. The zero-order valence-electron chi connectivity index (χ0n) is 10.6. The molecule has 1 N–H and O–H groups in total. The number of hydrogen-bond acceptors (Lipinski definition) is 1. The fourth-order valence-corrected chi connectivity index (χ4v) is 1.42. The molecule has 6 heteroatoms. The zero-order chi connectivity index (χ0) is 14.7. The molecule has 0 fully saturated rings. The summed E-state index contributed by atoms with van der Waals surface area (Å²) in [6.07, 6.45) is -4.34. The number of alkyl halides is 4. The Morgan fingerprint density at radius 2 is 1.74 bits per heavy atom. The fraction of sp³-hybridized carbons (Fsp3) is 0.462. The molecule has 0 atom stereocenters. The summed E-state index contributed by atoms with van der Waals surface area (Å²) in [5, 5.41) is 2.64. The zero-order valence-corrected chi connectivity index (χ0v) is 11.4. The Labute approximate surface area is 114 Å².